The van der Waals surface area contributed by atoms with Crippen LogP contribution in [0.4, 0.5) is 0 Å². The fourth-order valence-electron chi connectivity index (χ4n) is 2.12. The standard InChI is InChI=1S/C13H20O3S/c1-8-6-9(2)11(4)13(10(8)3)12(14)7-17(5,15)16/h6,12,14H,7H2,1-5H3. The van der Waals surface area contributed by atoms with E-state index in [1.807, 2.05) is 27.7 Å². The van der Waals surface area contributed by atoms with E-state index >= 15 is 0 Å². The molecule has 96 valence electrons. The number of hydrogen-bond donors (Lipinski definition) is 1. The fraction of sp³-hybridized carbons (Fsp3) is 0.538. The van der Waals surface area contributed by atoms with E-state index in [0.29, 0.717) is 0 Å². The summed E-state index contributed by atoms with van der Waals surface area (Å²) in [4.78, 5) is 0. The van der Waals surface area contributed by atoms with Crippen molar-refractivity contribution in [1.29, 1.82) is 0 Å². The molecule has 0 heterocycles. The third-order valence-corrected chi connectivity index (χ3v) is 4.14. The van der Waals surface area contributed by atoms with Crippen molar-refractivity contribution in [2.75, 3.05) is 12.0 Å². The summed E-state index contributed by atoms with van der Waals surface area (Å²) in [6, 6.07) is 2.06. The van der Waals surface area contributed by atoms with Crippen molar-refractivity contribution in [2.45, 2.75) is 33.8 Å². The molecule has 1 atom stereocenters. The van der Waals surface area contributed by atoms with E-state index in [1.165, 1.54) is 0 Å². The van der Waals surface area contributed by atoms with E-state index in [-0.39, 0.29) is 5.75 Å². The minimum atomic E-state index is -3.18. The van der Waals surface area contributed by atoms with Crippen LogP contribution in [0.5, 0.6) is 0 Å². The Kier molecular flexibility index (Phi) is 3.99. The van der Waals surface area contributed by atoms with Gasteiger partial charge in [0.15, 0.2) is 0 Å². The van der Waals surface area contributed by atoms with E-state index in [1.54, 1.807) is 0 Å². The largest absolute Gasteiger partial charge is 0.387 e. The van der Waals surface area contributed by atoms with Gasteiger partial charge >= 0.3 is 0 Å². The summed E-state index contributed by atoms with van der Waals surface area (Å²) in [5.41, 5.74) is 4.87. The molecule has 1 rings (SSSR count). The van der Waals surface area contributed by atoms with Crippen molar-refractivity contribution >= 4 is 9.84 Å². The molecule has 17 heavy (non-hydrogen) atoms. The molecule has 1 aromatic carbocycles. The molecule has 1 aromatic rings. The maximum Gasteiger partial charge on any atom is 0.150 e. The van der Waals surface area contributed by atoms with Gasteiger partial charge in [0, 0.05) is 6.26 Å². The molecule has 0 saturated carbocycles. The quantitative estimate of drug-likeness (QED) is 0.900. The number of rotatable bonds is 3. The van der Waals surface area contributed by atoms with Gasteiger partial charge in [-0.1, -0.05) is 6.07 Å². The second-order valence-corrected chi connectivity index (χ2v) is 6.97. The van der Waals surface area contributed by atoms with Gasteiger partial charge < -0.3 is 5.11 Å². The minimum absolute atomic E-state index is 0.225. The van der Waals surface area contributed by atoms with Crippen LogP contribution >= 0.6 is 0 Å². The lowest BCUT2D eigenvalue weighted by atomic mass is 9.91. The summed E-state index contributed by atoms with van der Waals surface area (Å²) in [6.07, 6.45) is 0.201. The molecule has 0 radical (unpaired) electrons. The van der Waals surface area contributed by atoms with Gasteiger partial charge in [0.1, 0.15) is 9.84 Å². The number of sulfone groups is 1. The lowest BCUT2D eigenvalue weighted by molar-refractivity contribution is 0.200. The Bertz CT molecular complexity index is 504. The zero-order valence-electron chi connectivity index (χ0n) is 11.0. The van der Waals surface area contributed by atoms with Crippen molar-refractivity contribution in [3.8, 4) is 0 Å². The molecule has 0 aliphatic rings. The van der Waals surface area contributed by atoms with E-state index in [2.05, 4.69) is 6.07 Å². The molecule has 0 aromatic heterocycles. The third-order valence-electron chi connectivity index (χ3n) is 3.22. The van der Waals surface area contributed by atoms with Crippen LogP contribution < -0.4 is 0 Å². The molecule has 1 N–H and O–H groups in total. The van der Waals surface area contributed by atoms with Crippen molar-refractivity contribution in [3.05, 3.63) is 33.9 Å². The van der Waals surface area contributed by atoms with Crippen LogP contribution in [-0.2, 0) is 9.84 Å². The Morgan fingerprint density at radius 1 is 1.12 bits per heavy atom. The van der Waals surface area contributed by atoms with E-state index in [4.69, 9.17) is 0 Å². The Balaban J connectivity index is 3.31. The molecular weight excluding hydrogens is 236 g/mol. The average molecular weight is 256 g/mol. The normalized spacial score (nSPS) is 13.8. The van der Waals surface area contributed by atoms with Crippen LogP contribution in [0.3, 0.4) is 0 Å². The summed E-state index contributed by atoms with van der Waals surface area (Å²) < 4.78 is 22.5. The maximum atomic E-state index is 11.2. The van der Waals surface area contributed by atoms with Gasteiger partial charge in [-0.2, -0.15) is 0 Å². The van der Waals surface area contributed by atoms with Crippen LogP contribution in [0, 0.1) is 27.7 Å². The van der Waals surface area contributed by atoms with Crippen molar-refractivity contribution in [1.82, 2.24) is 0 Å². The first kappa shape index (κ1) is 14.2. The molecule has 4 heteroatoms. The topological polar surface area (TPSA) is 54.4 Å². The first-order valence-corrected chi connectivity index (χ1v) is 7.62. The summed E-state index contributed by atoms with van der Waals surface area (Å²) in [5, 5.41) is 10.1. The van der Waals surface area contributed by atoms with Crippen LogP contribution in [-0.4, -0.2) is 25.5 Å². The highest BCUT2D eigenvalue weighted by Gasteiger charge is 2.20. The Hall–Kier alpha value is -0.870. The van der Waals surface area contributed by atoms with Gasteiger partial charge in [-0.05, 0) is 55.5 Å². The molecule has 0 spiro atoms. The molecule has 0 fully saturated rings. The SMILES string of the molecule is Cc1cc(C)c(C)c(C(O)CS(C)(=O)=O)c1C. The number of hydrogen-bond acceptors (Lipinski definition) is 3. The zero-order chi connectivity index (χ0) is 13.4. The lowest BCUT2D eigenvalue weighted by Gasteiger charge is -2.19. The maximum absolute atomic E-state index is 11.2. The molecule has 0 amide bonds. The van der Waals surface area contributed by atoms with Crippen LogP contribution in [0.1, 0.15) is 33.9 Å². The Morgan fingerprint density at radius 3 is 1.88 bits per heavy atom. The predicted molar refractivity (Wildman–Crippen MR) is 70.1 cm³/mol. The number of aliphatic hydroxyl groups is 1. The molecular formula is C13H20O3S. The summed E-state index contributed by atoms with van der Waals surface area (Å²) in [6.45, 7) is 7.78. The first-order chi connectivity index (χ1) is 7.63. The molecule has 0 aliphatic heterocycles. The summed E-state index contributed by atoms with van der Waals surface area (Å²) >= 11 is 0. The predicted octanol–water partition coefficient (Wildman–Crippen LogP) is 2.00. The molecule has 0 aliphatic carbocycles. The monoisotopic (exact) mass is 256 g/mol. The number of aryl methyl sites for hydroxylation is 2. The Morgan fingerprint density at radius 2 is 1.53 bits per heavy atom. The van der Waals surface area contributed by atoms with E-state index in [9.17, 15) is 13.5 Å². The summed E-state index contributed by atoms with van der Waals surface area (Å²) in [7, 11) is -3.18. The van der Waals surface area contributed by atoms with Crippen molar-refractivity contribution < 1.29 is 13.5 Å². The van der Waals surface area contributed by atoms with E-state index < -0.39 is 15.9 Å². The highest BCUT2D eigenvalue weighted by molar-refractivity contribution is 7.90. The highest BCUT2D eigenvalue weighted by Crippen LogP contribution is 2.28. The van der Waals surface area contributed by atoms with Gasteiger partial charge in [-0.15, -0.1) is 0 Å². The van der Waals surface area contributed by atoms with Crippen LogP contribution in [0.2, 0.25) is 0 Å². The van der Waals surface area contributed by atoms with Crippen molar-refractivity contribution in [3.63, 3.8) is 0 Å². The van der Waals surface area contributed by atoms with Crippen molar-refractivity contribution in [2.24, 2.45) is 0 Å². The fourth-order valence-corrected chi connectivity index (χ4v) is 2.86. The molecule has 0 saturated heterocycles. The highest BCUT2D eigenvalue weighted by atomic mass is 32.2. The van der Waals surface area contributed by atoms with Gasteiger partial charge in [0.05, 0.1) is 11.9 Å². The third kappa shape index (κ3) is 3.30. The molecule has 0 bridgehead atoms. The number of aliphatic hydroxyl groups excluding tert-OH is 1. The van der Waals surface area contributed by atoms with Crippen LogP contribution in [0.15, 0.2) is 6.07 Å². The molecule has 1 unspecified atom stereocenters. The zero-order valence-corrected chi connectivity index (χ0v) is 11.9. The van der Waals surface area contributed by atoms with Gasteiger partial charge in [-0.25, -0.2) is 8.42 Å². The number of benzene rings is 1. The van der Waals surface area contributed by atoms with E-state index in [0.717, 1.165) is 34.1 Å². The van der Waals surface area contributed by atoms with Gasteiger partial charge in [-0.3, -0.25) is 0 Å². The average Bonchev–Trinajstić information content (AvgIpc) is 2.12. The summed E-state index contributed by atoms with van der Waals surface area (Å²) in [5.74, 6) is -0.225. The van der Waals surface area contributed by atoms with Gasteiger partial charge in [0.25, 0.3) is 0 Å². The minimum Gasteiger partial charge on any atom is -0.387 e. The van der Waals surface area contributed by atoms with Gasteiger partial charge in [0.2, 0.25) is 0 Å². The first-order valence-electron chi connectivity index (χ1n) is 5.56. The Labute approximate surface area is 103 Å². The second-order valence-electron chi connectivity index (χ2n) is 4.78. The van der Waals surface area contributed by atoms with Crippen LogP contribution in [0.25, 0.3) is 0 Å². The second kappa shape index (κ2) is 4.78. The lowest BCUT2D eigenvalue weighted by Crippen LogP contribution is -2.16. The molecule has 3 nitrogen and oxygen atoms in total. The smallest absolute Gasteiger partial charge is 0.150 e.